The quantitative estimate of drug-likeness (QED) is 0.643. The molecule has 5 nitrogen and oxygen atoms in total. The van der Waals surface area contributed by atoms with Gasteiger partial charge in [0.15, 0.2) is 0 Å². The average Bonchev–Trinajstić information content (AvgIpc) is 2.80. The SMILES string of the molecule is Cc1cc([N+](=O)[O-])cnc1NCC1CCCC1. The fraction of sp³-hybridized carbons (Fsp3) is 0.583. The molecule has 0 bridgehead atoms. The van der Waals surface area contributed by atoms with Crippen molar-refractivity contribution in [2.75, 3.05) is 11.9 Å². The molecule has 17 heavy (non-hydrogen) atoms. The Hall–Kier alpha value is -1.65. The molecule has 0 aliphatic heterocycles. The van der Waals surface area contributed by atoms with E-state index in [4.69, 9.17) is 0 Å². The second kappa shape index (κ2) is 5.12. The van der Waals surface area contributed by atoms with Crippen molar-refractivity contribution in [1.29, 1.82) is 0 Å². The molecule has 0 saturated heterocycles. The van der Waals surface area contributed by atoms with Crippen molar-refractivity contribution in [2.45, 2.75) is 32.6 Å². The van der Waals surface area contributed by atoms with Gasteiger partial charge in [0.2, 0.25) is 0 Å². The van der Waals surface area contributed by atoms with E-state index in [1.807, 2.05) is 6.92 Å². The Morgan fingerprint density at radius 2 is 2.24 bits per heavy atom. The fourth-order valence-corrected chi connectivity index (χ4v) is 2.30. The van der Waals surface area contributed by atoms with Gasteiger partial charge in [-0.25, -0.2) is 4.98 Å². The molecule has 0 aromatic carbocycles. The second-order valence-electron chi connectivity index (χ2n) is 4.65. The van der Waals surface area contributed by atoms with Crippen LogP contribution in [0.4, 0.5) is 11.5 Å². The van der Waals surface area contributed by atoms with Gasteiger partial charge in [-0.3, -0.25) is 10.1 Å². The largest absolute Gasteiger partial charge is 0.370 e. The summed E-state index contributed by atoms with van der Waals surface area (Å²) in [5, 5.41) is 13.9. The molecule has 1 aliphatic rings. The van der Waals surface area contributed by atoms with Crippen molar-refractivity contribution >= 4 is 11.5 Å². The predicted octanol–water partition coefficient (Wildman–Crippen LogP) is 2.90. The van der Waals surface area contributed by atoms with Gasteiger partial charge in [0.1, 0.15) is 12.0 Å². The number of pyridine rings is 1. The van der Waals surface area contributed by atoms with Crippen LogP contribution in [0.3, 0.4) is 0 Å². The number of anilines is 1. The maximum Gasteiger partial charge on any atom is 0.287 e. The van der Waals surface area contributed by atoms with E-state index in [0.717, 1.165) is 23.8 Å². The lowest BCUT2D eigenvalue weighted by molar-refractivity contribution is -0.385. The number of aryl methyl sites for hydroxylation is 1. The van der Waals surface area contributed by atoms with Crippen LogP contribution in [0.2, 0.25) is 0 Å². The molecule has 0 amide bonds. The standard InChI is InChI=1S/C12H17N3O2/c1-9-6-11(15(16)17)8-14-12(9)13-7-10-4-2-3-5-10/h6,8,10H,2-5,7H2,1H3,(H,13,14). The number of aromatic nitrogens is 1. The van der Waals surface area contributed by atoms with E-state index < -0.39 is 4.92 Å². The molecule has 1 aromatic rings. The molecule has 0 spiro atoms. The topological polar surface area (TPSA) is 68.1 Å². The number of hydrogen-bond donors (Lipinski definition) is 1. The lowest BCUT2D eigenvalue weighted by atomic mass is 10.1. The van der Waals surface area contributed by atoms with Crippen molar-refractivity contribution < 1.29 is 4.92 Å². The van der Waals surface area contributed by atoms with Crippen LogP contribution in [-0.2, 0) is 0 Å². The van der Waals surface area contributed by atoms with Gasteiger partial charge in [0.25, 0.3) is 5.69 Å². The number of rotatable bonds is 4. The summed E-state index contributed by atoms with van der Waals surface area (Å²) in [5.74, 6) is 1.49. The summed E-state index contributed by atoms with van der Waals surface area (Å²) in [7, 11) is 0. The van der Waals surface area contributed by atoms with E-state index in [0.29, 0.717) is 0 Å². The van der Waals surface area contributed by atoms with Gasteiger partial charge < -0.3 is 5.32 Å². The second-order valence-corrected chi connectivity index (χ2v) is 4.65. The number of hydrogen-bond acceptors (Lipinski definition) is 4. The summed E-state index contributed by atoms with van der Waals surface area (Å²) < 4.78 is 0. The molecular formula is C12H17N3O2. The van der Waals surface area contributed by atoms with Gasteiger partial charge in [-0.15, -0.1) is 0 Å². The normalized spacial score (nSPS) is 16.1. The Balaban J connectivity index is 1.98. The first-order valence-corrected chi connectivity index (χ1v) is 6.01. The number of nitrogens with zero attached hydrogens (tertiary/aromatic N) is 2. The summed E-state index contributed by atoms with van der Waals surface area (Å²) in [6.07, 6.45) is 6.50. The van der Waals surface area contributed by atoms with Crippen molar-refractivity contribution in [3.8, 4) is 0 Å². The summed E-state index contributed by atoms with van der Waals surface area (Å²) in [6.45, 7) is 2.77. The van der Waals surface area contributed by atoms with Crippen LogP contribution < -0.4 is 5.32 Å². The van der Waals surface area contributed by atoms with Gasteiger partial charge >= 0.3 is 0 Å². The van der Waals surface area contributed by atoms with E-state index in [2.05, 4.69) is 10.3 Å². The van der Waals surface area contributed by atoms with Crippen LogP contribution >= 0.6 is 0 Å². The monoisotopic (exact) mass is 235 g/mol. The minimum Gasteiger partial charge on any atom is -0.370 e. The maximum absolute atomic E-state index is 10.6. The Morgan fingerprint density at radius 1 is 1.53 bits per heavy atom. The minimum absolute atomic E-state index is 0.0499. The first kappa shape index (κ1) is 11.8. The molecule has 1 fully saturated rings. The molecule has 0 atom stereocenters. The van der Waals surface area contributed by atoms with Gasteiger partial charge in [-0.2, -0.15) is 0 Å². The molecular weight excluding hydrogens is 218 g/mol. The molecule has 1 saturated carbocycles. The highest BCUT2D eigenvalue weighted by Crippen LogP contribution is 2.25. The molecule has 1 aromatic heterocycles. The first-order chi connectivity index (χ1) is 8.16. The minimum atomic E-state index is -0.416. The lowest BCUT2D eigenvalue weighted by Gasteiger charge is -2.12. The van der Waals surface area contributed by atoms with E-state index in [1.54, 1.807) is 6.07 Å². The number of nitro groups is 1. The van der Waals surface area contributed by atoms with Crippen molar-refractivity contribution in [1.82, 2.24) is 4.98 Å². The third-order valence-corrected chi connectivity index (χ3v) is 3.31. The molecule has 0 radical (unpaired) electrons. The third-order valence-electron chi connectivity index (χ3n) is 3.31. The molecule has 1 heterocycles. The van der Waals surface area contributed by atoms with E-state index in [-0.39, 0.29) is 5.69 Å². The highest BCUT2D eigenvalue weighted by atomic mass is 16.6. The predicted molar refractivity (Wildman–Crippen MR) is 66.1 cm³/mol. The Kier molecular flexibility index (Phi) is 3.56. The van der Waals surface area contributed by atoms with E-state index in [1.165, 1.54) is 31.9 Å². The van der Waals surface area contributed by atoms with Gasteiger partial charge in [-0.05, 0) is 31.2 Å². The smallest absolute Gasteiger partial charge is 0.287 e. The van der Waals surface area contributed by atoms with E-state index in [9.17, 15) is 10.1 Å². The zero-order valence-corrected chi connectivity index (χ0v) is 9.98. The fourth-order valence-electron chi connectivity index (χ4n) is 2.30. The molecule has 92 valence electrons. The summed E-state index contributed by atoms with van der Waals surface area (Å²) in [5.41, 5.74) is 0.881. The first-order valence-electron chi connectivity index (χ1n) is 6.01. The van der Waals surface area contributed by atoms with E-state index >= 15 is 0 Å². The Morgan fingerprint density at radius 3 is 2.82 bits per heavy atom. The van der Waals surface area contributed by atoms with Crippen LogP contribution in [0.25, 0.3) is 0 Å². The Labute approximate surface area is 100 Å². The van der Waals surface area contributed by atoms with Crippen molar-refractivity contribution in [3.05, 3.63) is 27.9 Å². The van der Waals surface area contributed by atoms with Crippen molar-refractivity contribution in [3.63, 3.8) is 0 Å². The average molecular weight is 235 g/mol. The molecule has 1 aliphatic carbocycles. The molecule has 5 heteroatoms. The summed E-state index contributed by atoms with van der Waals surface area (Å²) >= 11 is 0. The molecule has 0 unspecified atom stereocenters. The number of nitrogens with one attached hydrogen (secondary N) is 1. The maximum atomic E-state index is 10.6. The zero-order valence-electron chi connectivity index (χ0n) is 9.98. The Bertz CT molecular complexity index is 414. The lowest BCUT2D eigenvalue weighted by Crippen LogP contribution is -2.12. The van der Waals surface area contributed by atoms with Gasteiger partial charge in [0, 0.05) is 12.6 Å². The van der Waals surface area contributed by atoms with Crippen molar-refractivity contribution in [2.24, 2.45) is 5.92 Å². The van der Waals surface area contributed by atoms with Crippen LogP contribution in [0.1, 0.15) is 31.2 Å². The summed E-state index contributed by atoms with van der Waals surface area (Å²) in [6, 6.07) is 1.56. The van der Waals surface area contributed by atoms with Crippen LogP contribution in [0.5, 0.6) is 0 Å². The van der Waals surface area contributed by atoms with Gasteiger partial charge in [-0.1, -0.05) is 12.8 Å². The van der Waals surface area contributed by atoms with Crippen LogP contribution in [-0.4, -0.2) is 16.5 Å². The highest BCUT2D eigenvalue weighted by Gasteiger charge is 2.15. The highest BCUT2D eigenvalue weighted by molar-refractivity contribution is 5.48. The van der Waals surface area contributed by atoms with Gasteiger partial charge in [0.05, 0.1) is 4.92 Å². The zero-order chi connectivity index (χ0) is 12.3. The molecule has 1 N–H and O–H groups in total. The summed E-state index contributed by atoms with van der Waals surface area (Å²) in [4.78, 5) is 14.3. The third kappa shape index (κ3) is 2.93. The van der Waals surface area contributed by atoms with Crippen LogP contribution in [0.15, 0.2) is 12.3 Å². The van der Waals surface area contributed by atoms with Crippen LogP contribution in [0, 0.1) is 23.0 Å². The molecule has 2 rings (SSSR count).